The predicted octanol–water partition coefficient (Wildman–Crippen LogP) is -6.13. The molecule has 1 aromatic heterocycles. The average molecular weight is 1180 g/mol. The van der Waals surface area contributed by atoms with Crippen molar-refractivity contribution in [2.45, 2.75) is 132 Å². The van der Waals surface area contributed by atoms with Crippen LogP contribution < -0.4 is 53.2 Å². The van der Waals surface area contributed by atoms with E-state index in [1.807, 2.05) is 0 Å². The summed E-state index contributed by atoms with van der Waals surface area (Å²) < 4.78 is 15.3. The van der Waals surface area contributed by atoms with E-state index >= 15 is 4.21 Å². The first-order valence-corrected chi connectivity index (χ1v) is 28.6. The molecule has 31 heteroatoms. The second kappa shape index (κ2) is 27.4. The summed E-state index contributed by atoms with van der Waals surface area (Å²) in [6.45, 7) is 2.01. The van der Waals surface area contributed by atoms with Crippen LogP contribution in [0, 0.1) is 11.8 Å². The molecule has 452 valence electrons. The summed E-state index contributed by atoms with van der Waals surface area (Å²) in [5.41, 5.74) is 5.86. The van der Waals surface area contributed by atoms with Crippen molar-refractivity contribution in [3.63, 3.8) is 0 Å². The number of carbonyl (C=O) groups is 12. The van der Waals surface area contributed by atoms with Crippen molar-refractivity contribution in [1.82, 2.24) is 57.3 Å². The number of aromatic hydroxyl groups is 1. The van der Waals surface area contributed by atoms with Gasteiger partial charge in [0.1, 0.15) is 52.7 Å². The van der Waals surface area contributed by atoms with Crippen molar-refractivity contribution >= 4 is 98.3 Å². The lowest BCUT2D eigenvalue weighted by Crippen LogP contribution is -2.62. The number of H-pyrrole nitrogens is 1. The lowest BCUT2D eigenvalue weighted by atomic mass is 9.93. The molecular weight excluding hydrogens is 1110 g/mol. The van der Waals surface area contributed by atoms with Gasteiger partial charge in [-0.05, 0) is 42.9 Å². The number of carbonyl (C=O) groups excluding carboxylic acids is 12. The number of fused-ring (bicyclic) bond motifs is 5. The summed E-state index contributed by atoms with van der Waals surface area (Å²) in [5.74, 6) is -13.9. The van der Waals surface area contributed by atoms with Gasteiger partial charge in [-0.25, -0.2) is 0 Å². The molecule has 5 aliphatic rings. The van der Waals surface area contributed by atoms with Gasteiger partial charge in [-0.3, -0.25) is 66.6 Å². The van der Waals surface area contributed by atoms with Crippen molar-refractivity contribution in [2.24, 2.45) is 17.6 Å². The van der Waals surface area contributed by atoms with E-state index in [0.717, 1.165) is 22.0 Å². The van der Waals surface area contributed by atoms with Crippen molar-refractivity contribution in [1.29, 1.82) is 0 Å². The van der Waals surface area contributed by atoms with E-state index in [0.29, 0.717) is 19.3 Å². The van der Waals surface area contributed by atoms with Gasteiger partial charge in [0, 0.05) is 74.9 Å². The molecule has 1 aromatic carbocycles. The van der Waals surface area contributed by atoms with Crippen LogP contribution in [0.1, 0.15) is 71.3 Å². The van der Waals surface area contributed by atoms with Gasteiger partial charge in [-0.15, -0.1) is 0 Å². The maximum atomic E-state index is 15.3. The number of benzene rings is 1. The molecule has 12 amide bonds. The van der Waals surface area contributed by atoms with E-state index in [2.05, 4.69) is 47.5 Å². The third-order valence-electron chi connectivity index (χ3n) is 15.5. The summed E-state index contributed by atoms with van der Waals surface area (Å²) in [4.78, 5) is 170. The number of nitrogens with zero attached hydrogens (tertiary/aromatic N) is 3. The number of hydrogen-bond acceptors (Lipinski definition) is 18. The SMILES string of the molecule is CC[C@H](C)[C@@H]1NC(=O)CNC(=O)[C@H]2Cc3c([nH]c4c(N5CCC(NC(=O)CCCN6C(=O)C=CC6=O)CC5)c(O)ccc34)S(=O)C[C@@H](NC(=O)CNC1=O)C(=O)N[C@@H](CC(N)=O)C(=O)N1C[C@H](O)C[C@H]1C(=O)N[C@@H]([C@H](C)[C@H](O)CO)C(=O)N2. The molecular formula is C52H71N13O17S. The Morgan fingerprint density at radius 1 is 0.831 bits per heavy atom. The first-order chi connectivity index (χ1) is 39.4. The molecule has 0 saturated carbocycles. The Morgan fingerprint density at radius 2 is 1.49 bits per heavy atom. The Kier molecular flexibility index (Phi) is 20.6. The van der Waals surface area contributed by atoms with Crippen LogP contribution in [0.2, 0.25) is 0 Å². The van der Waals surface area contributed by atoms with E-state index in [1.54, 1.807) is 18.7 Å². The fourth-order valence-corrected chi connectivity index (χ4v) is 12.1. The quantitative estimate of drug-likeness (QED) is 0.0830. The number of phenolic OH excluding ortho intramolecular Hbond substituents is 1. The van der Waals surface area contributed by atoms with E-state index in [-0.39, 0.29) is 77.4 Å². The smallest absolute Gasteiger partial charge is 0.253 e. The number of rotatable bonds is 13. The highest BCUT2D eigenvalue weighted by molar-refractivity contribution is 7.85. The third-order valence-corrected chi connectivity index (χ3v) is 17.0. The molecule has 15 N–H and O–H groups in total. The maximum Gasteiger partial charge on any atom is 0.253 e. The second-order valence-electron chi connectivity index (χ2n) is 21.4. The van der Waals surface area contributed by atoms with Crippen molar-refractivity contribution in [3.05, 3.63) is 29.8 Å². The minimum atomic E-state index is -2.53. The van der Waals surface area contributed by atoms with Gasteiger partial charge in [-0.1, -0.05) is 27.2 Å². The van der Waals surface area contributed by atoms with Gasteiger partial charge in [0.05, 0.1) is 60.4 Å². The molecule has 7 rings (SSSR count). The second-order valence-corrected chi connectivity index (χ2v) is 22.8. The zero-order valence-electron chi connectivity index (χ0n) is 45.9. The molecule has 2 aromatic rings. The summed E-state index contributed by atoms with van der Waals surface area (Å²) in [6, 6.07) is -7.99. The highest BCUT2D eigenvalue weighted by atomic mass is 32.2. The molecule has 0 spiro atoms. The number of piperidine rings is 1. The summed E-state index contributed by atoms with van der Waals surface area (Å²) in [7, 11) is -2.53. The van der Waals surface area contributed by atoms with Gasteiger partial charge in [-0.2, -0.15) is 0 Å². The number of anilines is 1. The molecule has 6 heterocycles. The number of phenols is 1. The van der Waals surface area contributed by atoms with Gasteiger partial charge in [0.2, 0.25) is 59.1 Å². The van der Waals surface area contributed by atoms with Crippen LogP contribution in [-0.2, 0) is 74.8 Å². The Balaban J connectivity index is 1.33. The topological polar surface area (TPSA) is 451 Å². The maximum absolute atomic E-state index is 15.3. The van der Waals surface area contributed by atoms with Crippen LogP contribution >= 0.6 is 0 Å². The van der Waals surface area contributed by atoms with Crippen molar-refractivity contribution in [3.8, 4) is 5.75 Å². The summed E-state index contributed by atoms with van der Waals surface area (Å²) >= 11 is 0. The van der Waals surface area contributed by atoms with Gasteiger partial charge in [0.15, 0.2) is 0 Å². The van der Waals surface area contributed by atoms with Gasteiger partial charge >= 0.3 is 0 Å². The van der Waals surface area contributed by atoms with E-state index in [1.165, 1.54) is 19.1 Å². The highest BCUT2D eigenvalue weighted by Gasteiger charge is 2.45. The number of aromatic amines is 1. The number of nitrogens with one attached hydrogen (secondary N) is 9. The Hall–Kier alpha value is -8.03. The van der Waals surface area contributed by atoms with Crippen LogP contribution in [0.3, 0.4) is 0 Å². The summed E-state index contributed by atoms with van der Waals surface area (Å²) in [6.07, 6.45) is -1.50. The van der Waals surface area contributed by atoms with Crippen LogP contribution in [0.4, 0.5) is 5.69 Å². The normalized spacial score (nSPS) is 26.8. The molecule has 2 bridgehead atoms. The van der Waals surface area contributed by atoms with Gasteiger partial charge in [0.25, 0.3) is 11.8 Å². The first-order valence-electron chi connectivity index (χ1n) is 27.3. The number of hydrogen-bond donors (Lipinski definition) is 14. The molecule has 0 aliphatic carbocycles. The number of aromatic nitrogens is 1. The van der Waals surface area contributed by atoms with E-state index in [9.17, 15) is 78.0 Å². The fourth-order valence-electron chi connectivity index (χ4n) is 10.7. The number of aliphatic hydroxyl groups is 3. The zero-order valence-corrected chi connectivity index (χ0v) is 46.7. The molecule has 0 radical (unpaired) electrons. The van der Waals surface area contributed by atoms with E-state index in [4.69, 9.17) is 5.73 Å². The molecule has 30 nitrogen and oxygen atoms in total. The molecule has 5 aliphatic heterocycles. The molecule has 1 unspecified atom stereocenters. The Labute approximate surface area is 477 Å². The predicted molar refractivity (Wildman–Crippen MR) is 291 cm³/mol. The minimum absolute atomic E-state index is 0.0120. The van der Waals surface area contributed by atoms with Crippen molar-refractivity contribution < 1.29 is 82.2 Å². The molecule has 2 fully saturated rings. The lowest BCUT2D eigenvalue weighted by molar-refractivity contribution is -0.144. The number of nitrogens with two attached hydrogens (primary N) is 1. The Bertz CT molecular complexity index is 2950. The minimum Gasteiger partial charge on any atom is -0.506 e. The summed E-state index contributed by atoms with van der Waals surface area (Å²) in [5, 5.41) is 63.7. The highest BCUT2D eigenvalue weighted by Crippen LogP contribution is 2.40. The average Bonchev–Trinajstić information content (AvgIpc) is 4.24. The monoisotopic (exact) mass is 1180 g/mol. The zero-order chi connectivity index (χ0) is 60.6. The van der Waals surface area contributed by atoms with Crippen molar-refractivity contribution in [2.75, 3.05) is 56.5 Å². The number of amides is 12. The number of aliphatic hydroxyl groups excluding tert-OH is 3. The largest absolute Gasteiger partial charge is 0.506 e. The van der Waals surface area contributed by atoms with Gasteiger partial charge < -0.3 is 83.5 Å². The number of imide groups is 1. The third kappa shape index (κ3) is 15.0. The van der Waals surface area contributed by atoms with Crippen LogP contribution in [0.15, 0.2) is 29.3 Å². The molecule has 83 heavy (non-hydrogen) atoms. The standard InChI is InChI=1S/C52H71N13O17S/c1-4-24(2)42-49(79)55-19-38(72)57-32-23-83(82)51-29(28-7-8-34(68)45(44(28)62-51)63-14-11-26(12-15-63)56-37(71)6-5-13-64-40(74)9-10-41(64)75)17-30(46(76)54-20-39(73)60-42)58-50(80)43(25(3)35(69)22-66)61-48(78)33-16-27(67)21-65(33)52(81)31(18-36(53)70)59-47(32)77/h7-10,24-27,30-33,35,42-43,62,66-69H,4-6,11-23H2,1-3H3,(H2,53,70)(H,54,76)(H,55,79)(H,56,71)(H,57,72)(H,58,80)(H,59,77)(H,60,73)(H,61,78)/t24-,25+,27+,30+,31-,32+,33-,35+,42-,43-,83?/m0/s1. The fraction of sp³-hybridized carbons (Fsp3) is 0.577. The lowest BCUT2D eigenvalue weighted by Gasteiger charge is -2.34. The van der Waals surface area contributed by atoms with E-state index < -0.39 is 187 Å². The first kappa shape index (κ1) is 62.6. The van der Waals surface area contributed by atoms with Crippen LogP contribution in [-0.4, -0.2) is 216 Å². The van der Waals surface area contributed by atoms with Crippen LogP contribution in [0.5, 0.6) is 5.75 Å². The van der Waals surface area contributed by atoms with Crippen LogP contribution in [0.25, 0.3) is 10.9 Å². The molecule has 11 atom stereocenters. The number of primary amides is 1. The molecule has 2 saturated heterocycles. The Morgan fingerprint density at radius 3 is 2.14 bits per heavy atom.